The van der Waals surface area contributed by atoms with Crippen molar-refractivity contribution in [3.05, 3.63) is 46.1 Å². The van der Waals surface area contributed by atoms with Gasteiger partial charge in [-0.05, 0) is 18.2 Å². The average Bonchev–Trinajstić information content (AvgIpc) is 2.92. The molecule has 126 valence electrons. The number of H-pyrrole nitrogens is 1. The van der Waals surface area contributed by atoms with E-state index in [1.54, 1.807) is 18.0 Å². The first-order valence-corrected chi connectivity index (χ1v) is 8.30. The quantitative estimate of drug-likeness (QED) is 0.850. The fourth-order valence-corrected chi connectivity index (χ4v) is 3.53. The first-order valence-electron chi connectivity index (χ1n) is 7.54. The minimum Gasteiger partial charge on any atom is -0.357 e. The SMILES string of the molecule is C=CC(=O)N(C)CC(=O)N1CCc2[nH]c3c(Cl)cc(Cl)cc3c2C1. The Morgan fingerprint density at radius 2 is 2.17 bits per heavy atom. The normalized spacial score (nSPS) is 13.7. The molecule has 2 aromatic rings. The lowest BCUT2D eigenvalue weighted by Crippen LogP contribution is -2.42. The molecule has 5 nitrogen and oxygen atoms in total. The van der Waals surface area contributed by atoms with E-state index >= 15 is 0 Å². The van der Waals surface area contributed by atoms with Crippen LogP contribution in [0.5, 0.6) is 0 Å². The van der Waals surface area contributed by atoms with Crippen molar-refractivity contribution in [1.29, 1.82) is 0 Å². The third-order valence-corrected chi connectivity index (χ3v) is 4.79. The molecule has 0 bridgehead atoms. The fourth-order valence-electron chi connectivity index (χ4n) is 2.99. The zero-order valence-corrected chi connectivity index (χ0v) is 14.7. The number of hydrogen-bond donors (Lipinski definition) is 1. The molecule has 1 N–H and O–H groups in total. The van der Waals surface area contributed by atoms with Gasteiger partial charge in [0.1, 0.15) is 0 Å². The molecule has 7 heteroatoms. The van der Waals surface area contributed by atoms with Gasteiger partial charge in [-0.15, -0.1) is 0 Å². The highest BCUT2D eigenvalue weighted by molar-refractivity contribution is 6.38. The Labute approximate surface area is 149 Å². The van der Waals surface area contributed by atoms with E-state index in [0.717, 1.165) is 22.2 Å². The van der Waals surface area contributed by atoms with E-state index < -0.39 is 0 Å². The summed E-state index contributed by atoms with van der Waals surface area (Å²) in [6.07, 6.45) is 1.91. The molecule has 3 rings (SSSR count). The summed E-state index contributed by atoms with van der Waals surface area (Å²) in [5, 5.41) is 2.07. The molecular formula is C17H17Cl2N3O2. The number of likely N-dealkylation sites (N-methyl/N-ethyl adjacent to an activating group) is 1. The number of hydrogen-bond acceptors (Lipinski definition) is 2. The van der Waals surface area contributed by atoms with Crippen LogP contribution in [-0.2, 0) is 22.6 Å². The van der Waals surface area contributed by atoms with E-state index in [1.165, 1.54) is 11.0 Å². The highest BCUT2D eigenvalue weighted by atomic mass is 35.5. The summed E-state index contributed by atoms with van der Waals surface area (Å²) in [5.74, 6) is -0.368. The summed E-state index contributed by atoms with van der Waals surface area (Å²) in [4.78, 5) is 30.4. The van der Waals surface area contributed by atoms with Gasteiger partial charge in [0.25, 0.3) is 0 Å². The molecule has 0 fully saturated rings. The summed E-state index contributed by atoms with van der Waals surface area (Å²) in [5.41, 5.74) is 2.96. The van der Waals surface area contributed by atoms with Gasteiger partial charge in [0.05, 0.1) is 17.1 Å². The second-order valence-corrected chi connectivity index (χ2v) is 6.70. The molecule has 1 aliphatic rings. The van der Waals surface area contributed by atoms with Gasteiger partial charge in [0.2, 0.25) is 11.8 Å². The second-order valence-electron chi connectivity index (χ2n) is 5.86. The van der Waals surface area contributed by atoms with Gasteiger partial charge in [0, 0.05) is 48.2 Å². The molecule has 0 saturated heterocycles. The van der Waals surface area contributed by atoms with Crippen molar-refractivity contribution in [2.45, 2.75) is 13.0 Å². The Morgan fingerprint density at radius 3 is 2.88 bits per heavy atom. The van der Waals surface area contributed by atoms with E-state index in [0.29, 0.717) is 29.6 Å². The Balaban J connectivity index is 1.85. The molecule has 2 amide bonds. The highest BCUT2D eigenvalue weighted by Crippen LogP contribution is 2.34. The molecule has 1 aromatic carbocycles. The van der Waals surface area contributed by atoms with Crippen molar-refractivity contribution in [1.82, 2.24) is 14.8 Å². The maximum Gasteiger partial charge on any atom is 0.246 e. The van der Waals surface area contributed by atoms with Crippen LogP contribution in [0, 0.1) is 0 Å². The molecule has 0 saturated carbocycles. The molecule has 1 aliphatic heterocycles. The number of benzene rings is 1. The minimum absolute atomic E-state index is 0.0318. The molecule has 0 unspecified atom stereocenters. The second kappa shape index (κ2) is 6.49. The monoisotopic (exact) mass is 365 g/mol. The lowest BCUT2D eigenvalue weighted by atomic mass is 10.0. The summed E-state index contributed by atoms with van der Waals surface area (Å²) in [7, 11) is 1.59. The van der Waals surface area contributed by atoms with Crippen LogP contribution in [0.15, 0.2) is 24.8 Å². The number of rotatable bonds is 3. The summed E-state index contributed by atoms with van der Waals surface area (Å²) >= 11 is 12.4. The lowest BCUT2D eigenvalue weighted by Gasteiger charge is -2.29. The average molecular weight is 366 g/mol. The van der Waals surface area contributed by atoms with Crippen LogP contribution >= 0.6 is 23.2 Å². The van der Waals surface area contributed by atoms with Crippen LogP contribution in [0.4, 0.5) is 0 Å². The Morgan fingerprint density at radius 1 is 1.42 bits per heavy atom. The van der Waals surface area contributed by atoms with Crippen LogP contribution in [0.2, 0.25) is 10.0 Å². The third-order valence-electron chi connectivity index (χ3n) is 4.28. The molecule has 0 aliphatic carbocycles. The number of carbonyl (C=O) groups excluding carboxylic acids is 2. The van der Waals surface area contributed by atoms with Crippen LogP contribution in [0.25, 0.3) is 10.9 Å². The standard InChI is InChI=1S/C17H17Cl2N3O2/c1-3-15(23)21(2)9-16(24)22-5-4-14-12(8-22)11-6-10(18)7-13(19)17(11)20-14/h3,6-7,20H,1,4-5,8-9H2,2H3. The van der Waals surface area contributed by atoms with Crippen molar-refractivity contribution < 1.29 is 9.59 Å². The fraction of sp³-hybridized carbons (Fsp3) is 0.294. The van der Waals surface area contributed by atoms with Crippen molar-refractivity contribution in [3.63, 3.8) is 0 Å². The van der Waals surface area contributed by atoms with Gasteiger partial charge >= 0.3 is 0 Å². The van der Waals surface area contributed by atoms with E-state index in [4.69, 9.17) is 23.2 Å². The van der Waals surface area contributed by atoms with Gasteiger partial charge < -0.3 is 14.8 Å². The van der Waals surface area contributed by atoms with Crippen molar-refractivity contribution in [2.75, 3.05) is 20.1 Å². The van der Waals surface area contributed by atoms with E-state index in [1.807, 2.05) is 6.07 Å². The predicted molar refractivity (Wildman–Crippen MR) is 95.3 cm³/mol. The van der Waals surface area contributed by atoms with Crippen molar-refractivity contribution in [3.8, 4) is 0 Å². The maximum absolute atomic E-state index is 12.5. The Hall–Kier alpha value is -1.98. The molecule has 1 aromatic heterocycles. The lowest BCUT2D eigenvalue weighted by molar-refractivity contribution is -0.137. The smallest absolute Gasteiger partial charge is 0.246 e. The highest BCUT2D eigenvalue weighted by Gasteiger charge is 2.25. The van der Waals surface area contributed by atoms with Crippen LogP contribution in [0.3, 0.4) is 0 Å². The molecule has 2 heterocycles. The minimum atomic E-state index is -0.272. The summed E-state index contributed by atoms with van der Waals surface area (Å²) < 4.78 is 0. The van der Waals surface area contributed by atoms with Crippen molar-refractivity contribution >= 4 is 45.9 Å². The van der Waals surface area contributed by atoms with Gasteiger partial charge in [-0.3, -0.25) is 9.59 Å². The van der Waals surface area contributed by atoms with Crippen LogP contribution in [-0.4, -0.2) is 46.7 Å². The number of aromatic amines is 1. The zero-order chi connectivity index (χ0) is 17.4. The number of amides is 2. The zero-order valence-electron chi connectivity index (χ0n) is 13.2. The number of nitrogens with zero attached hydrogens (tertiary/aromatic N) is 2. The Kier molecular flexibility index (Phi) is 4.56. The first kappa shape index (κ1) is 16.9. The summed E-state index contributed by atoms with van der Waals surface area (Å²) in [6, 6.07) is 3.56. The van der Waals surface area contributed by atoms with Crippen LogP contribution in [0.1, 0.15) is 11.3 Å². The molecule has 0 radical (unpaired) electrons. The molecule has 0 spiro atoms. The Bertz CT molecular complexity index is 844. The number of carbonyl (C=O) groups is 2. The van der Waals surface area contributed by atoms with Gasteiger partial charge in [-0.2, -0.15) is 0 Å². The van der Waals surface area contributed by atoms with E-state index in [-0.39, 0.29) is 18.4 Å². The number of halogens is 2. The number of aromatic nitrogens is 1. The molecular weight excluding hydrogens is 349 g/mol. The van der Waals surface area contributed by atoms with Crippen molar-refractivity contribution in [2.24, 2.45) is 0 Å². The molecule has 0 atom stereocenters. The number of nitrogens with one attached hydrogen (secondary N) is 1. The van der Waals surface area contributed by atoms with Gasteiger partial charge in [-0.1, -0.05) is 29.8 Å². The summed E-state index contributed by atoms with van der Waals surface area (Å²) in [6.45, 7) is 4.53. The predicted octanol–water partition coefficient (Wildman–Crippen LogP) is 3.00. The topological polar surface area (TPSA) is 56.4 Å². The first-order chi connectivity index (χ1) is 11.4. The largest absolute Gasteiger partial charge is 0.357 e. The maximum atomic E-state index is 12.5. The van der Waals surface area contributed by atoms with Crippen LogP contribution < -0.4 is 0 Å². The third kappa shape index (κ3) is 3.01. The van der Waals surface area contributed by atoms with E-state index in [9.17, 15) is 9.59 Å². The van der Waals surface area contributed by atoms with E-state index in [2.05, 4.69) is 11.6 Å². The van der Waals surface area contributed by atoms with Gasteiger partial charge in [0.15, 0.2) is 0 Å². The van der Waals surface area contributed by atoms with Gasteiger partial charge in [-0.25, -0.2) is 0 Å². The number of fused-ring (bicyclic) bond motifs is 3. The molecule has 24 heavy (non-hydrogen) atoms.